The van der Waals surface area contributed by atoms with E-state index in [1.807, 2.05) is 4.90 Å². The number of amides is 3. The predicted octanol–water partition coefficient (Wildman–Crippen LogP) is 4.21. The Balaban J connectivity index is 1.52. The van der Waals surface area contributed by atoms with E-state index in [-0.39, 0.29) is 17.9 Å². The van der Waals surface area contributed by atoms with Crippen molar-refractivity contribution < 1.29 is 19.1 Å². The van der Waals surface area contributed by atoms with Gasteiger partial charge in [0.05, 0.1) is 12.2 Å². The first-order valence-electron chi connectivity index (χ1n) is 11.5. The maximum atomic E-state index is 12.6. The van der Waals surface area contributed by atoms with Gasteiger partial charge in [-0.1, -0.05) is 13.8 Å². The summed E-state index contributed by atoms with van der Waals surface area (Å²) in [5.74, 6) is 0.607. The Morgan fingerprint density at radius 2 is 1.87 bits per heavy atom. The van der Waals surface area contributed by atoms with Crippen molar-refractivity contribution in [3.05, 3.63) is 16.0 Å². The summed E-state index contributed by atoms with van der Waals surface area (Å²) in [5.41, 5.74) is 1.58. The highest BCUT2D eigenvalue weighted by Gasteiger charge is 2.28. The minimum absolute atomic E-state index is 0.229. The van der Waals surface area contributed by atoms with Gasteiger partial charge in [-0.2, -0.15) is 0 Å². The SMILES string of the molecule is CCOC(=O)c1c(NC(=O)NCC2CCN(C(=O)CC(C)C)CC2)sc2c1CCCC2. The molecule has 0 saturated carbocycles. The fourth-order valence-corrected chi connectivity index (χ4v) is 5.59. The molecule has 0 unspecified atom stereocenters. The van der Waals surface area contributed by atoms with Crippen molar-refractivity contribution in [1.82, 2.24) is 10.2 Å². The Kier molecular flexibility index (Phi) is 8.35. The Hall–Kier alpha value is -2.09. The molecule has 0 atom stereocenters. The van der Waals surface area contributed by atoms with E-state index in [1.54, 1.807) is 6.92 Å². The van der Waals surface area contributed by atoms with Crippen molar-refractivity contribution in [3.63, 3.8) is 0 Å². The minimum Gasteiger partial charge on any atom is -0.462 e. The van der Waals surface area contributed by atoms with Crippen LogP contribution in [-0.2, 0) is 22.4 Å². The smallest absolute Gasteiger partial charge is 0.341 e. The Labute approximate surface area is 188 Å². The second-order valence-electron chi connectivity index (χ2n) is 8.89. The number of aryl methyl sites for hydroxylation is 1. The average Bonchev–Trinajstić information content (AvgIpc) is 3.10. The number of ether oxygens (including phenoxy) is 1. The molecular weight excluding hydrogens is 414 g/mol. The van der Waals surface area contributed by atoms with Crippen LogP contribution in [0, 0.1) is 11.8 Å². The van der Waals surface area contributed by atoms with Gasteiger partial charge in [-0.25, -0.2) is 9.59 Å². The largest absolute Gasteiger partial charge is 0.462 e. The van der Waals surface area contributed by atoms with Crippen LogP contribution in [0.1, 0.15) is 73.7 Å². The molecule has 7 nitrogen and oxygen atoms in total. The van der Waals surface area contributed by atoms with Gasteiger partial charge in [-0.05, 0) is 62.8 Å². The number of hydrogen-bond acceptors (Lipinski definition) is 5. The Morgan fingerprint density at radius 3 is 2.55 bits per heavy atom. The number of esters is 1. The summed E-state index contributed by atoms with van der Waals surface area (Å²) in [6, 6.07) is -0.289. The number of likely N-dealkylation sites (tertiary alicyclic amines) is 1. The normalized spacial score (nSPS) is 16.7. The number of fused-ring (bicyclic) bond motifs is 1. The molecule has 0 spiro atoms. The van der Waals surface area contributed by atoms with Gasteiger partial charge in [-0.15, -0.1) is 11.3 Å². The summed E-state index contributed by atoms with van der Waals surface area (Å²) in [6.07, 6.45) is 6.36. The zero-order valence-electron chi connectivity index (χ0n) is 18.9. The number of carbonyl (C=O) groups excluding carboxylic acids is 3. The van der Waals surface area contributed by atoms with Gasteiger partial charge in [0.2, 0.25) is 5.91 Å². The summed E-state index contributed by atoms with van der Waals surface area (Å²) in [7, 11) is 0. The first-order valence-corrected chi connectivity index (χ1v) is 12.3. The molecule has 0 aromatic carbocycles. The van der Waals surface area contributed by atoms with E-state index >= 15 is 0 Å². The Morgan fingerprint density at radius 1 is 1.16 bits per heavy atom. The molecule has 31 heavy (non-hydrogen) atoms. The second kappa shape index (κ2) is 11.0. The molecule has 172 valence electrons. The molecule has 1 aromatic heterocycles. The van der Waals surface area contributed by atoms with Crippen molar-refractivity contribution in [2.45, 2.75) is 65.7 Å². The van der Waals surface area contributed by atoms with Crippen molar-refractivity contribution in [1.29, 1.82) is 0 Å². The highest BCUT2D eigenvalue weighted by Crippen LogP contribution is 2.38. The van der Waals surface area contributed by atoms with Crippen LogP contribution in [0.4, 0.5) is 9.80 Å². The average molecular weight is 450 g/mol. The third-order valence-corrected chi connectivity index (χ3v) is 7.19. The number of anilines is 1. The zero-order chi connectivity index (χ0) is 22.4. The molecule has 0 radical (unpaired) electrons. The van der Waals surface area contributed by atoms with E-state index in [1.165, 1.54) is 16.2 Å². The lowest BCUT2D eigenvalue weighted by atomic mass is 9.95. The number of carbonyl (C=O) groups is 3. The maximum absolute atomic E-state index is 12.6. The van der Waals surface area contributed by atoms with Crippen molar-refractivity contribution >= 4 is 34.2 Å². The number of thiophene rings is 1. The lowest BCUT2D eigenvalue weighted by Gasteiger charge is -2.32. The monoisotopic (exact) mass is 449 g/mol. The lowest BCUT2D eigenvalue weighted by Crippen LogP contribution is -2.42. The molecule has 8 heteroatoms. The van der Waals surface area contributed by atoms with Crippen LogP contribution in [0.15, 0.2) is 0 Å². The number of rotatable bonds is 7. The van der Waals surface area contributed by atoms with Crippen molar-refractivity contribution in [2.24, 2.45) is 11.8 Å². The summed E-state index contributed by atoms with van der Waals surface area (Å²) in [4.78, 5) is 40.4. The number of nitrogens with zero attached hydrogens (tertiary/aromatic N) is 1. The van der Waals surface area contributed by atoms with Crippen LogP contribution in [0.3, 0.4) is 0 Å². The zero-order valence-corrected chi connectivity index (χ0v) is 19.7. The summed E-state index contributed by atoms with van der Waals surface area (Å²) >= 11 is 1.50. The van der Waals surface area contributed by atoms with Crippen LogP contribution in [0.25, 0.3) is 0 Å². The van der Waals surface area contributed by atoms with E-state index in [9.17, 15) is 14.4 Å². The fourth-order valence-electron chi connectivity index (χ4n) is 4.32. The molecule has 0 bridgehead atoms. The first kappa shape index (κ1) is 23.6. The molecule has 1 aromatic rings. The molecule has 3 amide bonds. The second-order valence-corrected chi connectivity index (χ2v) is 10.00. The highest BCUT2D eigenvalue weighted by atomic mass is 32.1. The van der Waals surface area contributed by atoms with Crippen LogP contribution < -0.4 is 10.6 Å². The van der Waals surface area contributed by atoms with E-state index < -0.39 is 0 Å². The van der Waals surface area contributed by atoms with Gasteiger partial charge >= 0.3 is 12.0 Å². The lowest BCUT2D eigenvalue weighted by molar-refractivity contribution is -0.133. The van der Waals surface area contributed by atoms with Gasteiger partial charge < -0.3 is 15.0 Å². The molecule has 2 aliphatic rings. The highest BCUT2D eigenvalue weighted by molar-refractivity contribution is 7.17. The summed E-state index contributed by atoms with van der Waals surface area (Å²) in [6.45, 7) is 8.30. The van der Waals surface area contributed by atoms with E-state index in [0.717, 1.165) is 57.2 Å². The standard InChI is InChI=1S/C23H35N3O4S/c1-4-30-22(28)20-17-7-5-6-8-18(17)31-21(20)25-23(29)24-14-16-9-11-26(12-10-16)19(27)13-15(2)3/h15-16H,4-14H2,1-3H3,(H2,24,25,29). The number of urea groups is 1. The molecule has 1 fully saturated rings. The van der Waals surface area contributed by atoms with Crippen LogP contribution in [0.2, 0.25) is 0 Å². The molecule has 1 saturated heterocycles. The van der Waals surface area contributed by atoms with E-state index in [4.69, 9.17) is 4.74 Å². The van der Waals surface area contributed by atoms with Gasteiger partial charge in [0.15, 0.2) is 0 Å². The quantitative estimate of drug-likeness (QED) is 0.611. The van der Waals surface area contributed by atoms with Crippen LogP contribution in [0.5, 0.6) is 0 Å². The first-order chi connectivity index (χ1) is 14.9. The summed E-state index contributed by atoms with van der Waals surface area (Å²) < 4.78 is 5.25. The Bertz CT molecular complexity index is 797. The van der Waals surface area contributed by atoms with Gasteiger partial charge in [0.25, 0.3) is 0 Å². The molecule has 2 N–H and O–H groups in total. The number of nitrogens with one attached hydrogen (secondary N) is 2. The third-order valence-electron chi connectivity index (χ3n) is 5.98. The topological polar surface area (TPSA) is 87.7 Å². The van der Waals surface area contributed by atoms with Crippen molar-refractivity contribution in [3.8, 4) is 0 Å². The third kappa shape index (κ3) is 6.21. The van der Waals surface area contributed by atoms with Gasteiger partial charge in [-0.3, -0.25) is 10.1 Å². The number of piperidine rings is 1. The van der Waals surface area contributed by atoms with Crippen LogP contribution in [-0.4, -0.2) is 49.0 Å². The molecule has 2 heterocycles. The van der Waals surface area contributed by atoms with Crippen LogP contribution >= 0.6 is 11.3 Å². The number of hydrogen-bond donors (Lipinski definition) is 2. The predicted molar refractivity (Wildman–Crippen MR) is 123 cm³/mol. The maximum Gasteiger partial charge on any atom is 0.341 e. The molecule has 1 aliphatic carbocycles. The minimum atomic E-state index is -0.351. The molecule has 3 rings (SSSR count). The summed E-state index contributed by atoms with van der Waals surface area (Å²) in [5, 5.41) is 6.45. The molecular formula is C23H35N3O4S. The van der Waals surface area contributed by atoms with Gasteiger partial charge in [0.1, 0.15) is 5.00 Å². The molecule has 1 aliphatic heterocycles. The van der Waals surface area contributed by atoms with E-state index in [0.29, 0.717) is 42.0 Å². The van der Waals surface area contributed by atoms with Crippen molar-refractivity contribution in [2.75, 3.05) is 31.6 Å². The van der Waals surface area contributed by atoms with Gasteiger partial charge in [0, 0.05) is 30.9 Å². The van der Waals surface area contributed by atoms with E-state index in [2.05, 4.69) is 24.5 Å². The fraction of sp³-hybridized carbons (Fsp3) is 0.696.